The Balaban J connectivity index is 1.71. The van der Waals surface area contributed by atoms with Crippen LogP contribution in [0.4, 0.5) is 0 Å². The Hall–Kier alpha value is -1.35. The van der Waals surface area contributed by atoms with E-state index >= 15 is 0 Å². The lowest BCUT2D eigenvalue weighted by Crippen LogP contribution is -2.18. The zero-order valence-corrected chi connectivity index (χ0v) is 9.22. The molecule has 0 aliphatic carbocycles. The number of hydrogen-bond acceptors (Lipinski definition) is 3. The number of hydrogen-bond donors (Lipinski definition) is 0. The van der Waals surface area contributed by atoms with E-state index < -0.39 is 0 Å². The van der Waals surface area contributed by atoms with Crippen molar-refractivity contribution in [3.63, 3.8) is 0 Å². The van der Waals surface area contributed by atoms with Crippen molar-refractivity contribution in [2.75, 3.05) is 13.2 Å². The third-order valence-corrected chi connectivity index (χ3v) is 2.65. The van der Waals surface area contributed by atoms with Gasteiger partial charge in [-0.1, -0.05) is 30.3 Å². The largest absolute Gasteiger partial charge is 0.460 e. The van der Waals surface area contributed by atoms with E-state index in [4.69, 9.17) is 9.47 Å². The summed E-state index contributed by atoms with van der Waals surface area (Å²) in [6.07, 6.45) is 1.99. The maximum atomic E-state index is 11.5. The Bertz CT molecular complexity index is 328. The van der Waals surface area contributed by atoms with Crippen LogP contribution in [-0.2, 0) is 20.7 Å². The predicted molar refractivity (Wildman–Crippen MR) is 60.1 cm³/mol. The van der Waals surface area contributed by atoms with E-state index in [0.29, 0.717) is 19.6 Å². The van der Waals surface area contributed by atoms with Crippen molar-refractivity contribution in [2.24, 2.45) is 0 Å². The molecule has 0 N–H and O–H groups in total. The Labute approximate surface area is 95.4 Å². The minimum absolute atomic E-state index is 0.0247. The van der Waals surface area contributed by atoms with Crippen molar-refractivity contribution >= 4 is 5.97 Å². The summed E-state index contributed by atoms with van der Waals surface area (Å²) in [5.74, 6) is -0.126. The number of ether oxygens (including phenoxy) is 2. The molecular formula is C13H16O3. The molecule has 0 amide bonds. The Morgan fingerprint density at radius 3 is 2.88 bits per heavy atom. The van der Waals surface area contributed by atoms with Gasteiger partial charge in [0.05, 0.1) is 13.2 Å². The number of carbonyl (C=O) groups excluding carboxylic acids is 1. The smallest absolute Gasteiger partial charge is 0.306 e. The summed E-state index contributed by atoms with van der Waals surface area (Å²) >= 11 is 0. The first kappa shape index (κ1) is 11.1. The number of carbonyl (C=O) groups is 1. The number of aryl methyl sites for hydroxylation is 1. The maximum Gasteiger partial charge on any atom is 0.306 e. The average molecular weight is 222 g/mol. The van der Waals surface area contributed by atoms with E-state index in [2.05, 4.69) is 0 Å². The molecule has 1 aromatic carbocycles. The lowest BCUT2D eigenvalue weighted by atomic mass is 10.1. The second kappa shape index (κ2) is 5.66. The molecule has 1 aliphatic heterocycles. The minimum atomic E-state index is -0.126. The zero-order chi connectivity index (χ0) is 11.2. The normalized spacial score (nSPS) is 19.6. The minimum Gasteiger partial charge on any atom is -0.460 e. The third-order valence-electron chi connectivity index (χ3n) is 2.65. The summed E-state index contributed by atoms with van der Waals surface area (Å²) in [5, 5.41) is 0. The molecule has 1 fully saturated rings. The van der Waals surface area contributed by atoms with E-state index in [-0.39, 0.29) is 12.1 Å². The Morgan fingerprint density at radius 1 is 1.38 bits per heavy atom. The van der Waals surface area contributed by atoms with E-state index in [0.717, 1.165) is 12.8 Å². The van der Waals surface area contributed by atoms with Crippen LogP contribution < -0.4 is 0 Å². The quantitative estimate of drug-likeness (QED) is 0.577. The summed E-state index contributed by atoms with van der Waals surface area (Å²) < 4.78 is 10.4. The lowest BCUT2D eigenvalue weighted by Gasteiger charge is -2.09. The second-order valence-electron chi connectivity index (χ2n) is 3.96. The third kappa shape index (κ3) is 3.35. The lowest BCUT2D eigenvalue weighted by molar-refractivity contribution is -0.148. The van der Waals surface area contributed by atoms with Gasteiger partial charge in [0.1, 0.15) is 6.10 Å². The molecule has 0 aromatic heterocycles. The molecule has 1 unspecified atom stereocenters. The van der Waals surface area contributed by atoms with Crippen LogP contribution in [0.3, 0.4) is 0 Å². The van der Waals surface area contributed by atoms with Crippen LogP contribution in [0.25, 0.3) is 0 Å². The van der Waals surface area contributed by atoms with Crippen LogP contribution in [0.15, 0.2) is 30.3 Å². The van der Waals surface area contributed by atoms with Gasteiger partial charge in [0.2, 0.25) is 0 Å². The first-order valence-electron chi connectivity index (χ1n) is 5.66. The van der Waals surface area contributed by atoms with E-state index in [9.17, 15) is 4.79 Å². The highest BCUT2D eigenvalue weighted by atomic mass is 18.3. The van der Waals surface area contributed by atoms with Crippen LogP contribution in [0.1, 0.15) is 18.4 Å². The molecule has 3 nitrogen and oxygen atoms in total. The highest BCUT2D eigenvalue weighted by Crippen LogP contribution is 2.10. The van der Waals surface area contributed by atoms with Gasteiger partial charge in [-0.2, -0.15) is 0 Å². The standard InChI is InChI=1S/C13H16O3/c14-13(16-12-8-9-15-10-12)7-6-11-4-2-1-3-5-11/h1-5,12H,6-10H2/i16+2. The van der Waals surface area contributed by atoms with Gasteiger partial charge in [0.15, 0.2) is 0 Å². The Morgan fingerprint density at radius 2 is 2.19 bits per heavy atom. The SMILES string of the molecule is O=C(CCc1ccccc1)[18O]C1CCOC1. The van der Waals surface area contributed by atoms with Crippen LogP contribution in [0.2, 0.25) is 0 Å². The van der Waals surface area contributed by atoms with Crippen LogP contribution in [-0.4, -0.2) is 25.3 Å². The first-order chi connectivity index (χ1) is 7.84. The number of benzene rings is 1. The monoisotopic (exact) mass is 222 g/mol. The van der Waals surface area contributed by atoms with Crippen molar-refractivity contribution < 1.29 is 14.3 Å². The van der Waals surface area contributed by atoms with Gasteiger partial charge < -0.3 is 9.47 Å². The summed E-state index contributed by atoms with van der Waals surface area (Å²) in [6.45, 7) is 1.26. The van der Waals surface area contributed by atoms with Crippen molar-refractivity contribution in [1.82, 2.24) is 0 Å². The molecule has 16 heavy (non-hydrogen) atoms. The number of rotatable bonds is 4. The summed E-state index contributed by atoms with van der Waals surface area (Å²) in [7, 11) is 0. The fraction of sp³-hybridized carbons (Fsp3) is 0.462. The molecular weight excluding hydrogens is 206 g/mol. The molecule has 1 heterocycles. The van der Waals surface area contributed by atoms with Crippen molar-refractivity contribution in [3.8, 4) is 0 Å². The molecule has 1 atom stereocenters. The maximum absolute atomic E-state index is 11.5. The van der Waals surface area contributed by atoms with Gasteiger partial charge in [-0.15, -0.1) is 0 Å². The van der Waals surface area contributed by atoms with Gasteiger partial charge in [0, 0.05) is 12.8 Å². The number of esters is 1. The summed E-state index contributed by atoms with van der Waals surface area (Å²) in [6, 6.07) is 9.96. The highest BCUT2D eigenvalue weighted by Gasteiger charge is 2.19. The van der Waals surface area contributed by atoms with Crippen molar-refractivity contribution in [1.29, 1.82) is 0 Å². The van der Waals surface area contributed by atoms with Gasteiger partial charge in [0.25, 0.3) is 0 Å². The van der Waals surface area contributed by atoms with E-state index in [1.165, 1.54) is 5.56 Å². The predicted octanol–water partition coefficient (Wildman–Crippen LogP) is 1.95. The van der Waals surface area contributed by atoms with Crippen LogP contribution in [0, 0.1) is 0 Å². The molecule has 3 heteroatoms. The molecule has 0 radical (unpaired) electrons. The fourth-order valence-corrected chi connectivity index (χ4v) is 1.74. The molecule has 1 aromatic rings. The fourth-order valence-electron chi connectivity index (χ4n) is 1.74. The molecule has 2 rings (SSSR count). The van der Waals surface area contributed by atoms with Gasteiger partial charge in [-0.25, -0.2) is 0 Å². The summed E-state index contributed by atoms with van der Waals surface area (Å²) in [4.78, 5) is 11.5. The van der Waals surface area contributed by atoms with Gasteiger partial charge in [-0.3, -0.25) is 4.79 Å². The molecule has 0 bridgehead atoms. The molecule has 86 valence electrons. The van der Waals surface area contributed by atoms with Crippen LogP contribution >= 0.6 is 0 Å². The van der Waals surface area contributed by atoms with Gasteiger partial charge in [-0.05, 0) is 12.0 Å². The molecule has 1 aliphatic rings. The molecule has 0 saturated carbocycles. The average Bonchev–Trinajstić information content (AvgIpc) is 2.81. The topological polar surface area (TPSA) is 35.5 Å². The molecule has 0 spiro atoms. The van der Waals surface area contributed by atoms with Crippen molar-refractivity contribution in [3.05, 3.63) is 35.9 Å². The Kier molecular flexibility index (Phi) is 3.94. The van der Waals surface area contributed by atoms with E-state index in [1.807, 2.05) is 30.3 Å². The molecule has 1 saturated heterocycles. The zero-order valence-electron chi connectivity index (χ0n) is 9.22. The first-order valence-corrected chi connectivity index (χ1v) is 5.66. The summed E-state index contributed by atoms with van der Waals surface area (Å²) in [5.41, 5.74) is 1.17. The van der Waals surface area contributed by atoms with Crippen molar-refractivity contribution in [2.45, 2.75) is 25.4 Å². The van der Waals surface area contributed by atoms with E-state index in [1.54, 1.807) is 0 Å². The second-order valence-corrected chi connectivity index (χ2v) is 3.96. The van der Waals surface area contributed by atoms with Crippen LogP contribution in [0.5, 0.6) is 0 Å². The van der Waals surface area contributed by atoms with Gasteiger partial charge >= 0.3 is 5.97 Å². The highest BCUT2D eigenvalue weighted by molar-refractivity contribution is 5.69.